The summed E-state index contributed by atoms with van der Waals surface area (Å²) in [6.07, 6.45) is 2.96. The number of unbranched alkanes of at least 4 members (excludes halogenated alkanes) is 2. The Morgan fingerprint density at radius 2 is 2.05 bits per heavy atom. The van der Waals surface area contributed by atoms with E-state index in [-0.39, 0.29) is 18.1 Å². The first kappa shape index (κ1) is 15.6. The molecule has 0 aromatic heterocycles. The van der Waals surface area contributed by atoms with Crippen molar-refractivity contribution in [1.29, 1.82) is 0 Å². The van der Waals surface area contributed by atoms with Gasteiger partial charge in [0.2, 0.25) is 0 Å². The molecule has 1 fully saturated rings. The van der Waals surface area contributed by atoms with Gasteiger partial charge in [-0.05, 0) is 6.42 Å². The molecule has 8 nitrogen and oxygen atoms in total. The summed E-state index contributed by atoms with van der Waals surface area (Å²) in [6.45, 7) is 3.37. The Hall–Kier alpha value is -1.44. The van der Waals surface area contributed by atoms with Gasteiger partial charge in [-0.2, -0.15) is 0 Å². The molecule has 1 saturated heterocycles. The number of nitrogens with zero attached hydrogens (tertiary/aromatic N) is 2. The molecule has 0 N–H and O–H groups in total. The van der Waals surface area contributed by atoms with Gasteiger partial charge in [-0.3, -0.25) is 10.1 Å². The van der Waals surface area contributed by atoms with Crippen LogP contribution in [0.1, 0.15) is 39.5 Å². The van der Waals surface area contributed by atoms with Crippen LogP contribution in [0.2, 0.25) is 0 Å². The molecule has 1 rings (SSSR count). The van der Waals surface area contributed by atoms with Crippen molar-refractivity contribution in [2.45, 2.75) is 51.2 Å². The maximum Gasteiger partial charge on any atom is 0.294 e. The predicted octanol–water partition coefficient (Wildman–Crippen LogP) is 1.83. The molecule has 0 saturated carbocycles. The smallest absolute Gasteiger partial charge is 0.294 e. The van der Waals surface area contributed by atoms with E-state index in [1.165, 1.54) is 6.92 Å². The van der Waals surface area contributed by atoms with Crippen molar-refractivity contribution in [2.24, 2.45) is 5.92 Å². The summed E-state index contributed by atoms with van der Waals surface area (Å²) >= 11 is 0. The minimum absolute atomic E-state index is 0.127. The Morgan fingerprint density at radius 1 is 1.37 bits per heavy atom. The number of ether oxygens (including phenoxy) is 1. The second-order valence-electron chi connectivity index (χ2n) is 5.02. The lowest BCUT2D eigenvalue weighted by Crippen LogP contribution is -2.49. The van der Waals surface area contributed by atoms with Crippen molar-refractivity contribution in [2.75, 3.05) is 13.2 Å². The summed E-state index contributed by atoms with van der Waals surface area (Å²) in [6, 6.07) is 0. The predicted molar refractivity (Wildman–Crippen MR) is 65.7 cm³/mol. The van der Waals surface area contributed by atoms with E-state index in [4.69, 9.17) is 4.74 Å². The zero-order valence-corrected chi connectivity index (χ0v) is 11.2. The number of hydrogen-bond acceptors (Lipinski definition) is 6. The Kier molecular flexibility index (Phi) is 5.46. The summed E-state index contributed by atoms with van der Waals surface area (Å²) in [5.41, 5.74) is -1.32. The fraction of sp³-hybridized carbons (Fsp3) is 1.00. The molecule has 19 heavy (non-hydrogen) atoms. The molecule has 0 spiro atoms. The third kappa shape index (κ3) is 3.52. The molecule has 1 heterocycles. The van der Waals surface area contributed by atoms with Gasteiger partial charge >= 0.3 is 0 Å². The first-order valence-corrected chi connectivity index (χ1v) is 6.46. The topological polar surface area (TPSA) is 105 Å². The summed E-state index contributed by atoms with van der Waals surface area (Å²) in [5.74, 6) is -0.598. The highest BCUT2D eigenvalue weighted by Gasteiger charge is 2.58. The van der Waals surface area contributed by atoms with Crippen molar-refractivity contribution in [3.8, 4) is 0 Å². The van der Waals surface area contributed by atoms with Gasteiger partial charge in [-0.1, -0.05) is 26.2 Å². The monoisotopic (exact) mass is 276 g/mol. The molecule has 1 aliphatic heterocycles. The van der Waals surface area contributed by atoms with Gasteiger partial charge in [0.1, 0.15) is 12.7 Å². The molecule has 0 amide bonds. The Labute approximate surface area is 111 Å². The lowest BCUT2D eigenvalue weighted by atomic mass is 9.83. The highest BCUT2D eigenvalue weighted by molar-refractivity contribution is 4.95. The Bertz CT molecular complexity index is 337. The van der Waals surface area contributed by atoms with Gasteiger partial charge in [-0.15, -0.1) is 10.1 Å². The SMILES string of the molecule is CCCCC[C@H]1OC[C@H](CO[N+](=O)[O-])[C@]1(C)[N+](=O)[O-]. The van der Waals surface area contributed by atoms with Crippen molar-refractivity contribution in [3.05, 3.63) is 20.2 Å². The Morgan fingerprint density at radius 3 is 2.58 bits per heavy atom. The molecule has 1 aliphatic rings. The van der Waals surface area contributed by atoms with Crippen LogP contribution in [0.5, 0.6) is 0 Å². The van der Waals surface area contributed by atoms with E-state index in [0.717, 1.165) is 19.3 Å². The number of rotatable bonds is 8. The second-order valence-corrected chi connectivity index (χ2v) is 5.02. The van der Waals surface area contributed by atoms with Crippen molar-refractivity contribution < 1.29 is 19.6 Å². The first-order chi connectivity index (χ1) is 8.92. The Balaban J connectivity index is 2.68. The third-order valence-corrected chi connectivity index (χ3v) is 3.82. The van der Waals surface area contributed by atoms with Crippen molar-refractivity contribution in [1.82, 2.24) is 0 Å². The van der Waals surface area contributed by atoms with Crippen LogP contribution >= 0.6 is 0 Å². The number of nitro groups is 1. The third-order valence-electron chi connectivity index (χ3n) is 3.82. The van der Waals surface area contributed by atoms with E-state index in [0.29, 0.717) is 6.42 Å². The van der Waals surface area contributed by atoms with Crippen LogP contribution in [-0.4, -0.2) is 34.9 Å². The maximum absolute atomic E-state index is 11.3. The van der Waals surface area contributed by atoms with Gasteiger partial charge in [0.15, 0.2) is 0 Å². The molecule has 0 aromatic carbocycles. The highest BCUT2D eigenvalue weighted by atomic mass is 16.9. The summed E-state index contributed by atoms with van der Waals surface area (Å²) in [5, 5.41) is 20.6. The molecular formula is C11H20N2O6. The first-order valence-electron chi connectivity index (χ1n) is 6.46. The van der Waals surface area contributed by atoms with E-state index >= 15 is 0 Å². The van der Waals surface area contributed by atoms with Crippen LogP contribution in [0.15, 0.2) is 0 Å². The quantitative estimate of drug-likeness (QED) is 0.380. The molecule has 0 bridgehead atoms. The summed E-state index contributed by atoms with van der Waals surface area (Å²) < 4.78 is 5.48. The van der Waals surface area contributed by atoms with E-state index in [1.54, 1.807) is 0 Å². The van der Waals surface area contributed by atoms with E-state index < -0.39 is 22.6 Å². The molecule has 0 unspecified atom stereocenters. The minimum atomic E-state index is -1.32. The van der Waals surface area contributed by atoms with Gasteiger partial charge in [0.05, 0.1) is 12.5 Å². The summed E-state index contributed by atoms with van der Waals surface area (Å²) in [4.78, 5) is 25.4. The second kappa shape index (κ2) is 6.65. The van der Waals surface area contributed by atoms with Gasteiger partial charge in [-0.25, -0.2) is 0 Å². The van der Waals surface area contributed by atoms with Crippen LogP contribution in [-0.2, 0) is 9.57 Å². The number of hydrogen-bond donors (Lipinski definition) is 0. The lowest BCUT2D eigenvalue weighted by Gasteiger charge is -2.25. The van der Waals surface area contributed by atoms with Crippen LogP contribution in [0.3, 0.4) is 0 Å². The fourth-order valence-corrected chi connectivity index (χ4v) is 2.42. The molecule has 0 aromatic rings. The molecule has 8 heteroatoms. The van der Waals surface area contributed by atoms with Crippen molar-refractivity contribution >= 4 is 0 Å². The maximum atomic E-state index is 11.3. The van der Waals surface area contributed by atoms with Crippen LogP contribution in [0, 0.1) is 26.1 Å². The van der Waals surface area contributed by atoms with Gasteiger partial charge in [0.25, 0.3) is 10.6 Å². The average Bonchev–Trinajstić information content (AvgIpc) is 2.66. The lowest BCUT2D eigenvalue weighted by molar-refractivity contribution is -0.761. The van der Waals surface area contributed by atoms with Crippen LogP contribution < -0.4 is 0 Å². The van der Waals surface area contributed by atoms with Crippen molar-refractivity contribution in [3.63, 3.8) is 0 Å². The van der Waals surface area contributed by atoms with E-state index in [2.05, 4.69) is 11.8 Å². The standard InChI is InChI=1S/C11H20N2O6/c1-3-4-5-6-10-11(2,12(14)15)9(7-18-10)8-19-13(16)17/h9-10H,3-8H2,1-2H3/t9-,10-,11+/m1/s1. The largest absolute Gasteiger partial charge is 0.370 e. The molecule has 3 atom stereocenters. The fourth-order valence-electron chi connectivity index (χ4n) is 2.42. The van der Waals surface area contributed by atoms with E-state index in [9.17, 15) is 20.2 Å². The minimum Gasteiger partial charge on any atom is -0.370 e. The zero-order chi connectivity index (χ0) is 14.5. The normalized spacial score (nSPS) is 30.2. The van der Waals surface area contributed by atoms with Gasteiger partial charge < -0.3 is 9.57 Å². The molecule has 0 aliphatic carbocycles. The molecular weight excluding hydrogens is 256 g/mol. The van der Waals surface area contributed by atoms with Gasteiger partial charge in [0, 0.05) is 11.8 Å². The zero-order valence-electron chi connectivity index (χ0n) is 11.2. The summed E-state index contributed by atoms with van der Waals surface area (Å²) in [7, 11) is 0. The highest BCUT2D eigenvalue weighted by Crippen LogP contribution is 2.37. The molecule has 110 valence electrons. The van der Waals surface area contributed by atoms with E-state index in [1.807, 2.05) is 0 Å². The average molecular weight is 276 g/mol. The van der Waals surface area contributed by atoms with Crippen LogP contribution in [0.4, 0.5) is 0 Å². The molecule has 0 radical (unpaired) electrons. The van der Waals surface area contributed by atoms with Crippen LogP contribution in [0.25, 0.3) is 0 Å².